The summed E-state index contributed by atoms with van der Waals surface area (Å²) in [5, 5.41) is 11.8. The number of hydrogen-bond donors (Lipinski definition) is 1. The molecule has 1 amide bonds. The number of carbonyl (C=O) groups excluding carboxylic acids is 3. The molecule has 0 aliphatic carbocycles. The van der Waals surface area contributed by atoms with Crippen LogP contribution in [0.4, 0.5) is 5.00 Å². The quantitative estimate of drug-likeness (QED) is 0.222. The number of ether oxygens (including phenoxy) is 3. The van der Waals surface area contributed by atoms with Crippen LogP contribution in [-0.2, 0) is 27.4 Å². The maximum Gasteiger partial charge on any atom is 0.348 e. The van der Waals surface area contributed by atoms with Gasteiger partial charge in [0.1, 0.15) is 22.2 Å². The van der Waals surface area contributed by atoms with Gasteiger partial charge in [-0.3, -0.25) is 9.36 Å². The number of rotatable bonds is 11. The SMILES string of the molecule is C=CCn1c(COc2cccc(C)c2)nnc1SCC(=O)Nc1sc(C(=O)OC)c(C)c1C(=O)OC. The molecule has 36 heavy (non-hydrogen) atoms. The maximum absolute atomic E-state index is 12.7. The van der Waals surface area contributed by atoms with Gasteiger partial charge < -0.3 is 19.5 Å². The number of aromatic nitrogens is 3. The number of thiophene rings is 1. The van der Waals surface area contributed by atoms with Crippen molar-refractivity contribution in [3.8, 4) is 5.75 Å². The highest BCUT2D eigenvalue weighted by Crippen LogP contribution is 2.34. The first-order chi connectivity index (χ1) is 17.3. The van der Waals surface area contributed by atoms with Crippen molar-refractivity contribution in [1.82, 2.24) is 14.8 Å². The lowest BCUT2D eigenvalue weighted by atomic mass is 10.1. The third-order valence-corrected chi connectivity index (χ3v) is 7.11. The lowest BCUT2D eigenvalue weighted by Crippen LogP contribution is -2.16. The Kier molecular flexibility index (Phi) is 9.25. The second-order valence-corrected chi connectivity index (χ2v) is 9.45. The molecule has 3 aromatic rings. The van der Waals surface area contributed by atoms with Crippen molar-refractivity contribution < 1.29 is 28.6 Å². The van der Waals surface area contributed by atoms with E-state index in [9.17, 15) is 14.4 Å². The molecule has 0 fully saturated rings. The topological polar surface area (TPSA) is 122 Å². The fraction of sp³-hybridized carbons (Fsp3) is 0.292. The Morgan fingerprint density at radius 1 is 1.17 bits per heavy atom. The number of carbonyl (C=O) groups is 3. The zero-order valence-electron chi connectivity index (χ0n) is 20.3. The van der Waals surface area contributed by atoms with E-state index in [0.717, 1.165) is 22.6 Å². The predicted octanol–water partition coefficient (Wildman–Crippen LogP) is 4.03. The molecule has 0 bridgehead atoms. The fourth-order valence-corrected chi connectivity index (χ4v) is 5.12. The highest BCUT2D eigenvalue weighted by molar-refractivity contribution is 7.99. The highest BCUT2D eigenvalue weighted by Gasteiger charge is 2.27. The molecule has 0 aliphatic heterocycles. The smallest absolute Gasteiger partial charge is 0.348 e. The lowest BCUT2D eigenvalue weighted by molar-refractivity contribution is -0.113. The average molecular weight is 531 g/mol. The molecule has 190 valence electrons. The van der Waals surface area contributed by atoms with Crippen LogP contribution < -0.4 is 10.1 Å². The number of anilines is 1. The van der Waals surface area contributed by atoms with Crippen LogP contribution in [0.3, 0.4) is 0 Å². The largest absolute Gasteiger partial charge is 0.486 e. The number of nitrogens with zero attached hydrogens (tertiary/aromatic N) is 3. The Hall–Kier alpha value is -3.64. The first kappa shape index (κ1) is 27.0. The third-order valence-electron chi connectivity index (χ3n) is 4.96. The second kappa shape index (κ2) is 12.4. The van der Waals surface area contributed by atoms with Crippen LogP contribution in [0.15, 0.2) is 42.1 Å². The number of methoxy groups -OCH3 is 2. The molecule has 0 saturated heterocycles. The van der Waals surface area contributed by atoms with Crippen molar-refractivity contribution in [3.05, 3.63) is 64.3 Å². The molecule has 1 N–H and O–H groups in total. The van der Waals surface area contributed by atoms with E-state index in [2.05, 4.69) is 22.1 Å². The Morgan fingerprint density at radius 2 is 1.92 bits per heavy atom. The van der Waals surface area contributed by atoms with Gasteiger partial charge in [0.05, 0.1) is 25.5 Å². The van der Waals surface area contributed by atoms with E-state index in [1.54, 1.807) is 13.0 Å². The van der Waals surface area contributed by atoms with Crippen LogP contribution >= 0.6 is 23.1 Å². The zero-order chi connectivity index (χ0) is 26.2. The molecule has 1 aromatic carbocycles. The highest BCUT2D eigenvalue weighted by atomic mass is 32.2. The predicted molar refractivity (Wildman–Crippen MR) is 137 cm³/mol. The number of aryl methyl sites for hydroxylation is 1. The number of esters is 2. The van der Waals surface area contributed by atoms with Crippen molar-refractivity contribution in [2.75, 3.05) is 25.3 Å². The van der Waals surface area contributed by atoms with Crippen LogP contribution in [0.1, 0.15) is 37.0 Å². The molecular formula is C24H26N4O6S2. The lowest BCUT2D eigenvalue weighted by Gasteiger charge is -2.10. The number of thioether (sulfide) groups is 1. The Bertz CT molecular complexity index is 1280. The van der Waals surface area contributed by atoms with Gasteiger partial charge in [0.2, 0.25) is 5.91 Å². The van der Waals surface area contributed by atoms with E-state index >= 15 is 0 Å². The molecule has 2 aromatic heterocycles. The molecular weight excluding hydrogens is 504 g/mol. The van der Waals surface area contributed by atoms with Crippen molar-refractivity contribution in [2.24, 2.45) is 0 Å². The standard InChI is InChI=1S/C24H26N4O6S2/c1-6-10-28-17(12-34-16-9-7-8-14(2)11-16)26-27-24(28)35-13-18(29)25-21-19(22(30)32-4)15(3)20(36-21)23(31)33-5/h6-9,11H,1,10,12-13H2,2-5H3,(H,25,29). The van der Waals surface area contributed by atoms with Gasteiger partial charge in [-0.15, -0.1) is 28.1 Å². The summed E-state index contributed by atoms with van der Waals surface area (Å²) in [5.74, 6) is -0.367. The van der Waals surface area contributed by atoms with Gasteiger partial charge in [0.25, 0.3) is 0 Å². The van der Waals surface area contributed by atoms with E-state index < -0.39 is 17.8 Å². The van der Waals surface area contributed by atoms with Gasteiger partial charge >= 0.3 is 11.9 Å². The van der Waals surface area contributed by atoms with E-state index in [4.69, 9.17) is 14.2 Å². The minimum atomic E-state index is -0.661. The Balaban J connectivity index is 1.71. The molecule has 12 heteroatoms. The summed E-state index contributed by atoms with van der Waals surface area (Å²) >= 11 is 2.13. The van der Waals surface area contributed by atoms with E-state index in [1.807, 2.05) is 35.8 Å². The molecule has 0 saturated carbocycles. The zero-order valence-corrected chi connectivity index (χ0v) is 22.0. The molecule has 10 nitrogen and oxygen atoms in total. The number of nitrogens with one attached hydrogen (secondary N) is 1. The summed E-state index contributed by atoms with van der Waals surface area (Å²) < 4.78 is 17.2. The Labute approximate surface area is 216 Å². The molecule has 3 rings (SSSR count). The van der Waals surface area contributed by atoms with Crippen LogP contribution in [-0.4, -0.2) is 52.6 Å². The van der Waals surface area contributed by atoms with Crippen molar-refractivity contribution in [3.63, 3.8) is 0 Å². The van der Waals surface area contributed by atoms with Crippen LogP contribution in [0.5, 0.6) is 5.75 Å². The molecule has 0 spiro atoms. The van der Waals surface area contributed by atoms with E-state index in [0.29, 0.717) is 23.1 Å². The summed E-state index contributed by atoms with van der Waals surface area (Å²) in [4.78, 5) is 37.3. The molecule has 0 unspecified atom stereocenters. The normalized spacial score (nSPS) is 10.6. The number of benzene rings is 1. The Morgan fingerprint density at radius 3 is 2.58 bits per heavy atom. The molecule has 0 atom stereocenters. The molecule has 0 radical (unpaired) electrons. The molecule has 2 heterocycles. The van der Waals surface area contributed by atoms with Gasteiger partial charge in [0, 0.05) is 6.54 Å². The van der Waals surface area contributed by atoms with Crippen LogP contribution in [0, 0.1) is 13.8 Å². The first-order valence-corrected chi connectivity index (χ1v) is 12.5. The van der Waals surface area contributed by atoms with Crippen LogP contribution in [0.2, 0.25) is 0 Å². The summed E-state index contributed by atoms with van der Waals surface area (Å²) in [5.41, 5.74) is 1.58. The van der Waals surface area contributed by atoms with Gasteiger partial charge in [0.15, 0.2) is 11.0 Å². The van der Waals surface area contributed by atoms with Crippen molar-refractivity contribution in [1.29, 1.82) is 0 Å². The van der Waals surface area contributed by atoms with Gasteiger partial charge in [-0.1, -0.05) is 30.0 Å². The molecule has 0 aliphatic rings. The average Bonchev–Trinajstić information content (AvgIpc) is 3.40. The van der Waals surface area contributed by atoms with Gasteiger partial charge in [-0.05, 0) is 37.1 Å². The third kappa shape index (κ3) is 6.32. The van der Waals surface area contributed by atoms with E-state index in [-0.39, 0.29) is 27.8 Å². The number of amides is 1. The summed E-state index contributed by atoms with van der Waals surface area (Å²) in [6.45, 7) is 7.99. The summed E-state index contributed by atoms with van der Waals surface area (Å²) in [6.07, 6.45) is 1.70. The van der Waals surface area contributed by atoms with Crippen LogP contribution in [0.25, 0.3) is 0 Å². The van der Waals surface area contributed by atoms with Gasteiger partial charge in [-0.2, -0.15) is 0 Å². The minimum Gasteiger partial charge on any atom is -0.486 e. The number of hydrogen-bond acceptors (Lipinski definition) is 10. The monoisotopic (exact) mass is 530 g/mol. The van der Waals surface area contributed by atoms with Crippen molar-refractivity contribution in [2.45, 2.75) is 32.2 Å². The maximum atomic E-state index is 12.7. The first-order valence-electron chi connectivity index (χ1n) is 10.7. The summed E-state index contributed by atoms with van der Waals surface area (Å²) in [7, 11) is 2.47. The van der Waals surface area contributed by atoms with Gasteiger partial charge in [-0.25, -0.2) is 9.59 Å². The second-order valence-electron chi connectivity index (χ2n) is 7.48. The van der Waals surface area contributed by atoms with E-state index in [1.165, 1.54) is 26.0 Å². The van der Waals surface area contributed by atoms with Crippen molar-refractivity contribution >= 4 is 45.9 Å². The summed E-state index contributed by atoms with van der Waals surface area (Å²) in [6, 6.07) is 7.68. The fourth-order valence-electron chi connectivity index (χ4n) is 3.23. The number of allylic oxidation sites excluding steroid dienone is 1. The minimum absolute atomic E-state index is 0.0148.